The second kappa shape index (κ2) is 5.68. The van der Waals surface area contributed by atoms with E-state index in [4.69, 9.17) is 11.6 Å². The quantitative estimate of drug-likeness (QED) is 0.929. The first-order chi connectivity index (χ1) is 10.1. The molecule has 0 fully saturated rings. The number of alkyl halides is 1. The van der Waals surface area contributed by atoms with Crippen molar-refractivity contribution in [2.45, 2.75) is 32.4 Å². The number of halogens is 2. The van der Waals surface area contributed by atoms with Crippen molar-refractivity contribution in [3.63, 3.8) is 0 Å². The van der Waals surface area contributed by atoms with Crippen LogP contribution in [0.2, 0.25) is 5.02 Å². The minimum atomic E-state index is -1.08. The van der Waals surface area contributed by atoms with Gasteiger partial charge < -0.3 is 5.32 Å². The van der Waals surface area contributed by atoms with Crippen molar-refractivity contribution in [2.75, 3.05) is 11.9 Å². The summed E-state index contributed by atoms with van der Waals surface area (Å²) in [6.07, 6.45) is 0.887. The first kappa shape index (κ1) is 14.4. The summed E-state index contributed by atoms with van der Waals surface area (Å²) in [5, 5.41) is 8.24. The number of nitrogens with one attached hydrogen (secondary N) is 1. The molecular weight excluding hydrogens is 289 g/mol. The van der Waals surface area contributed by atoms with Gasteiger partial charge in [-0.15, -0.1) is 0 Å². The molecule has 0 saturated carbocycles. The van der Waals surface area contributed by atoms with E-state index < -0.39 is 6.17 Å². The number of hydrogen-bond donors (Lipinski definition) is 1. The average molecular weight is 308 g/mol. The van der Waals surface area contributed by atoms with Gasteiger partial charge in [-0.25, -0.2) is 4.39 Å². The summed E-state index contributed by atoms with van der Waals surface area (Å²) in [6.45, 7) is 2.88. The van der Waals surface area contributed by atoms with E-state index in [9.17, 15) is 4.39 Å². The van der Waals surface area contributed by atoms with Crippen LogP contribution in [0.25, 0.3) is 0 Å². The van der Waals surface area contributed by atoms with E-state index in [2.05, 4.69) is 16.5 Å². The highest BCUT2D eigenvalue weighted by Gasteiger charge is 2.23. The summed E-state index contributed by atoms with van der Waals surface area (Å²) in [5.74, 6) is 0. The summed E-state index contributed by atoms with van der Waals surface area (Å²) in [4.78, 5) is 0. The Kier molecular flexibility index (Phi) is 3.89. The molecule has 1 aromatic heterocycles. The van der Waals surface area contributed by atoms with Crippen LogP contribution in [0.15, 0.2) is 18.2 Å². The van der Waals surface area contributed by atoms with E-state index in [1.165, 1.54) is 5.56 Å². The molecule has 1 unspecified atom stereocenters. The summed E-state index contributed by atoms with van der Waals surface area (Å²) < 4.78 is 16.5. The highest BCUT2D eigenvalue weighted by molar-refractivity contribution is 6.31. The molecule has 2 heterocycles. The number of rotatable bonds is 4. The Labute approximate surface area is 129 Å². The third kappa shape index (κ3) is 2.53. The van der Waals surface area contributed by atoms with Crippen LogP contribution in [-0.4, -0.2) is 16.3 Å². The monoisotopic (exact) mass is 307 g/mol. The number of aromatic nitrogens is 2. The van der Waals surface area contributed by atoms with Gasteiger partial charge in [-0.05, 0) is 18.4 Å². The van der Waals surface area contributed by atoms with E-state index in [0.717, 1.165) is 42.0 Å². The standard InChI is InChI=1S/C16H19ClFN3/c1-3-13-15(17)14(21(2)20-13)9-12(18)11-6-4-5-10-7-8-19-16(10)11/h4-6,12,19H,3,7-9H2,1-2H3. The molecule has 0 aliphatic carbocycles. The van der Waals surface area contributed by atoms with Gasteiger partial charge in [-0.2, -0.15) is 5.10 Å². The second-order valence-corrected chi connectivity index (χ2v) is 5.79. The molecule has 0 radical (unpaired) electrons. The molecular formula is C16H19ClFN3. The Bertz CT molecular complexity index is 666. The van der Waals surface area contributed by atoms with Gasteiger partial charge in [0.05, 0.1) is 16.4 Å². The van der Waals surface area contributed by atoms with Crippen LogP contribution in [0.5, 0.6) is 0 Å². The zero-order valence-electron chi connectivity index (χ0n) is 12.3. The lowest BCUT2D eigenvalue weighted by Gasteiger charge is -2.14. The number of benzene rings is 1. The number of aryl methyl sites for hydroxylation is 2. The van der Waals surface area contributed by atoms with Crippen molar-refractivity contribution in [3.05, 3.63) is 45.7 Å². The van der Waals surface area contributed by atoms with Gasteiger partial charge in [0.2, 0.25) is 0 Å². The fourth-order valence-corrected chi connectivity index (χ4v) is 3.32. The summed E-state index contributed by atoms with van der Waals surface area (Å²) in [5.41, 5.74) is 4.47. The van der Waals surface area contributed by atoms with Gasteiger partial charge in [0.1, 0.15) is 6.17 Å². The molecule has 0 amide bonds. The fourth-order valence-electron chi connectivity index (χ4n) is 2.95. The molecule has 3 rings (SSSR count). The van der Waals surface area contributed by atoms with Crippen molar-refractivity contribution in [2.24, 2.45) is 7.05 Å². The normalized spacial score (nSPS) is 14.9. The van der Waals surface area contributed by atoms with Crippen LogP contribution in [0.3, 0.4) is 0 Å². The Hall–Kier alpha value is -1.55. The van der Waals surface area contributed by atoms with Crippen LogP contribution in [-0.2, 0) is 26.3 Å². The van der Waals surface area contributed by atoms with Gasteiger partial charge in [-0.3, -0.25) is 4.68 Å². The van der Waals surface area contributed by atoms with Crippen LogP contribution < -0.4 is 5.32 Å². The average Bonchev–Trinajstić information content (AvgIpc) is 3.06. The molecule has 1 aliphatic heterocycles. The molecule has 1 N–H and O–H groups in total. The lowest BCUT2D eigenvalue weighted by atomic mass is 10.0. The Morgan fingerprint density at radius 3 is 3.00 bits per heavy atom. The number of para-hydroxylation sites is 1. The number of hydrogen-bond acceptors (Lipinski definition) is 2. The molecule has 5 heteroatoms. The van der Waals surface area contributed by atoms with Crippen molar-refractivity contribution in [1.29, 1.82) is 0 Å². The first-order valence-corrected chi connectivity index (χ1v) is 7.69. The number of fused-ring (bicyclic) bond motifs is 1. The lowest BCUT2D eigenvalue weighted by Crippen LogP contribution is -2.06. The lowest BCUT2D eigenvalue weighted by molar-refractivity contribution is 0.337. The zero-order valence-corrected chi connectivity index (χ0v) is 13.0. The van der Waals surface area contributed by atoms with E-state index in [1.807, 2.05) is 26.1 Å². The second-order valence-electron chi connectivity index (χ2n) is 5.41. The highest BCUT2D eigenvalue weighted by atomic mass is 35.5. The molecule has 1 atom stereocenters. The van der Waals surface area contributed by atoms with Crippen LogP contribution in [0.1, 0.15) is 35.6 Å². The third-order valence-corrected chi connectivity index (χ3v) is 4.53. The predicted molar refractivity (Wildman–Crippen MR) is 83.8 cm³/mol. The molecule has 0 spiro atoms. The third-order valence-electron chi connectivity index (χ3n) is 4.09. The van der Waals surface area contributed by atoms with E-state index in [1.54, 1.807) is 4.68 Å². The highest BCUT2D eigenvalue weighted by Crippen LogP contribution is 2.35. The van der Waals surface area contributed by atoms with Crippen LogP contribution in [0, 0.1) is 0 Å². The summed E-state index contributed by atoms with van der Waals surface area (Å²) in [6, 6.07) is 5.83. The minimum absolute atomic E-state index is 0.250. The smallest absolute Gasteiger partial charge is 0.133 e. The largest absolute Gasteiger partial charge is 0.384 e. The molecule has 2 aromatic rings. The summed E-state index contributed by atoms with van der Waals surface area (Å²) in [7, 11) is 1.82. The summed E-state index contributed by atoms with van der Waals surface area (Å²) >= 11 is 6.31. The molecule has 1 aliphatic rings. The van der Waals surface area contributed by atoms with E-state index in [0.29, 0.717) is 5.02 Å². The molecule has 1 aromatic carbocycles. The van der Waals surface area contributed by atoms with Gasteiger partial charge in [0.15, 0.2) is 0 Å². The van der Waals surface area contributed by atoms with Crippen molar-refractivity contribution in [1.82, 2.24) is 9.78 Å². The minimum Gasteiger partial charge on any atom is -0.384 e. The SMILES string of the molecule is CCc1nn(C)c(CC(F)c2cccc3c2NCC3)c1Cl. The van der Waals surface area contributed by atoms with E-state index >= 15 is 0 Å². The topological polar surface area (TPSA) is 29.9 Å². The number of anilines is 1. The first-order valence-electron chi connectivity index (χ1n) is 7.31. The van der Waals surface area contributed by atoms with Crippen molar-refractivity contribution in [3.8, 4) is 0 Å². The maximum absolute atomic E-state index is 14.8. The van der Waals surface area contributed by atoms with Crippen LogP contribution >= 0.6 is 11.6 Å². The molecule has 0 saturated heterocycles. The molecule has 21 heavy (non-hydrogen) atoms. The Morgan fingerprint density at radius 2 is 2.29 bits per heavy atom. The van der Waals surface area contributed by atoms with Gasteiger partial charge in [-0.1, -0.05) is 36.7 Å². The van der Waals surface area contributed by atoms with E-state index in [-0.39, 0.29) is 6.42 Å². The van der Waals surface area contributed by atoms with Gasteiger partial charge in [0.25, 0.3) is 0 Å². The van der Waals surface area contributed by atoms with Gasteiger partial charge in [0, 0.05) is 31.3 Å². The Balaban J connectivity index is 1.89. The fraction of sp³-hybridized carbons (Fsp3) is 0.438. The van der Waals surface area contributed by atoms with Crippen LogP contribution in [0.4, 0.5) is 10.1 Å². The molecule has 112 valence electrons. The van der Waals surface area contributed by atoms with Crippen molar-refractivity contribution < 1.29 is 4.39 Å². The number of nitrogens with zero attached hydrogens (tertiary/aromatic N) is 2. The predicted octanol–water partition coefficient (Wildman–Crippen LogP) is 3.86. The van der Waals surface area contributed by atoms with Crippen molar-refractivity contribution >= 4 is 17.3 Å². The molecule has 3 nitrogen and oxygen atoms in total. The molecule has 0 bridgehead atoms. The zero-order chi connectivity index (χ0) is 15.0. The Morgan fingerprint density at radius 1 is 1.48 bits per heavy atom. The van der Waals surface area contributed by atoms with Gasteiger partial charge >= 0.3 is 0 Å². The maximum Gasteiger partial charge on any atom is 0.133 e. The maximum atomic E-state index is 14.8.